The van der Waals surface area contributed by atoms with Gasteiger partial charge in [0.25, 0.3) is 0 Å². The van der Waals surface area contributed by atoms with Crippen LogP contribution in [-0.2, 0) is 4.74 Å². The van der Waals surface area contributed by atoms with Gasteiger partial charge in [-0.3, -0.25) is 5.41 Å². The smallest absolute Gasteiger partial charge is 0.132 e. The Morgan fingerprint density at radius 3 is 2.85 bits per heavy atom. The maximum Gasteiger partial charge on any atom is 0.132 e. The number of nitrogens with zero attached hydrogens (tertiary/aromatic N) is 3. The van der Waals surface area contributed by atoms with Crippen molar-refractivity contribution in [3.8, 4) is 5.75 Å². The SMILES string of the molecule is COC1CCCN(c2cc(C(=N)c3cc(OC(C)C)ccc3N)ncn2)C1. The Morgan fingerprint density at radius 2 is 2.11 bits per heavy atom. The highest BCUT2D eigenvalue weighted by atomic mass is 16.5. The molecule has 1 unspecified atom stereocenters. The zero-order chi connectivity index (χ0) is 19.4. The number of nitrogen functional groups attached to an aromatic ring is 1. The van der Waals surface area contributed by atoms with Crippen LogP contribution >= 0.6 is 0 Å². The molecule has 1 saturated heterocycles. The van der Waals surface area contributed by atoms with Crippen molar-refractivity contribution in [1.82, 2.24) is 9.97 Å². The van der Waals surface area contributed by atoms with Gasteiger partial charge in [-0.1, -0.05) is 0 Å². The molecule has 3 N–H and O–H groups in total. The molecule has 1 aliphatic rings. The molecule has 2 heterocycles. The molecule has 0 amide bonds. The van der Waals surface area contributed by atoms with E-state index < -0.39 is 0 Å². The first-order chi connectivity index (χ1) is 13.0. The summed E-state index contributed by atoms with van der Waals surface area (Å²) >= 11 is 0. The number of hydrogen-bond donors (Lipinski definition) is 2. The third-order valence-corrected chi connectivity index (χ3v) is 4.61. The maximum atomic E-state index is 8.61. The number of nitrogens with one attached hydrogen (secondary N) is 1. The molecular weight excluding hydrogens is 342 g/mol. The van der Waals surface area contributed by atoms with Crippen LogP contribution in [0.25, 0.3) is 0 Å². The number of anilines is 2. The zero-order valence-electron chi connectivity index (χ0n) is 16.1. The molecule has 1 fully saturated rings. The molecule has 0 bridgehead atoms. The Labute approximate surface area is 160 Å². The predicted molar refractivity (Wildman–Crippen MR) is 107 cm³/mol. The van der Waals surface area contributed by atoms with Gasteiger partial charge < -0.3 is 20.1 Å². The Bertz CT molecular complexity index is 809. The van der Waals surface area contributed by atoms with Crippen LogP contribution in [0.5, 0.6) is 5.75 Å². The van der Waals surface area contributed by atoms with Gasteiger partial charge in [-0.05, 0) is 44.9 Å². The summed E-state index contributed by atoms with van der Waals surface area (Å²) in [6.45, 7) is 5.64. The molecule has 7 nitrogen and oxygen atoms in total. The molecule has 7 heteroatoms. The van der Waals surface area contributed by atoms with Crippen LogP contribution in [0.1, 0.15) is 37.9 Å². The second kappa shape index (κ2) is 8.35. The van der Waals surface area contributed by atoms with Crippen molar-refractivity contribution in [3.05, 3.63) is 41.9 Å². The van der Waals surface area contributed by atoms with E-state index in [0.717, 1.165) is 31.7 Å². The molecule has 27 heavy (non-hydrogen) atoms. The summed E-state index contributed by atoms with van der Waals surface area (Å²) in [6, 6.07) is 7.21. The second-order valence-corrected chi connectivity index (χ2v) is 7.00. The van der Waals surface area contributed by atoms with E-state index in [2.05, 4.69) is 14.9 Å². The van der Waals surface area contributed by atoms with Gasteiger partial charge >= 0.3 is 0 Å². The minimum atomic E-state index is 0.0501. The lowest BCUT2D eigenvalue weighted by atomic mass is 10.0. The van der Waals surface area contributed by atoms with Crippen LogP contribution in [0.15, 0.2) is 30.6 Å². The summed E-state index contributed by atoms with van der Waals surface area (Å²) in [6.07, 6.45) is 3.86. The van der Waals surface area contributed by atoms with Crippen LogP contribution in [0.4, 0.5) is 11.5 Å². The number of methoxy groups -OCH3 is 1. The minimum Gasteiger partial charge on any atom is -0.491 e. The predicted octanol–water partition coefficient (Wildman–Crippen LogP) is 2.88. The van der Waals surface area contributed by atoms with Crippen LogP contribution in [0.3, 0.4) is 0 Å². The van der Waals surface area contributed by atoms with Gasteiger partial charge in [0.1, 0.15) is 17.9 Å². The molecule has 1 aromatic heterocycles. The molecule has 1 aliphatic heterocycles. The molecule has 0 saturated carbocycles. The van der Waals surface area contributed by atoms with E-state index in [4.69, 9.17) is 20.6 Å². The van der Waals surface area contributed by atoms with E-state index in [0.29, 0.717) is 22.7 Å². The van der Waals surface area contributed by atoms with Gasteiger partial charge in [-0.2, -0.15) is 0 Å². The highest BCUT2D eigenvalue weighted by Gasteiger charge is 2.21. The normalized spacial score (nSPS) is 17.2. The number of ether oxygens (including phenoxy) is 2. The van der Waals surface area contributed by atoms with Gasteiger partial charge in [0.15, 0.2) is 0 Å². The van der Waals surface area contributed by atoms with Crippen molar-refractivity contribution in [2.45, 2.75) is 38.9 Å². The third kappa shape index (κ3) is 4.54. The van der Waals surface area contributed by atoms with Gasteiger partial charge in [0, 0.05) is 37.5 Å². The van der Waals surface area contributed by atoms with Crippen molar-refractivity contribution in [3.63, 3.8) is 0 Å². The topological polar surface area (TPSA) is 97.3 Å². The number of rotatable bonds is 6. The molecule has 2 aromatic rings. The van der Waals surface area contributed by atoms with Crippen molar-refractivity contribution in [2.24, 2.45) is 0 Å². The van der Waals surface area contributed by atoms with Crippen LogP contribution in [-0.4, -0.2) is 48.1 Å². The van der Waals surface area contributed by atoms with Crippen LogP contribution < -0.4 is 15.4 Å². The Morgan fingerprint density at radius 1 is 1.30 bits per heavy atom. The summed E-state index contributed by atoms with van der Waals surface area (Å²) in [5, 5.41) is 8.61. The van der Waals surface area contributed by atoms with Gasteiger partial charge in [-0.25, -0.2) is 9.97 Å². The highest BCUT2D eigenvalue weighted by Crippen LogP contribution is 2.25. The maximum absolute atomic E-state index is 8.61. The van der Waals surface area contributed by atoms with Gasteiger partial charge in [0.05, 0.1) is 23.6 Å². The highest BCUT2D eigenvalue weighted by molar-refractivity contribution is 6.13. The van der Waals surface area contributed by atoms with Crippen LogP contribution in [0.2, 0.25) is 0 Å². The molecule has 0 aliphatic carbocycles. The lowest BCUT2D eigenvalue weighted by Gasteiger charge is -2.32. The fraction of sp³-hybridized carbons (Fsp3) is 0.450. The molecule has 0 spiro atoms. The van der Waals surface area contributed by atoms with E-state index in [-0.39, 0.29) is 17.9 Å². The average molecular weight is 369 g/mol. The number of piperidine rings is 1. The average Bonchev–Trinajstić information content (AvgIpc) is 2.68. The summed E-state index contributed by atoms with van der Waals surface area (Å²) in [5.41, 5.74) is 8.02. The van der Waals surface area contributed by atoms with Crippen molar-refractivity contribution < 1.29 is 9.47 Å². The van der Waals surface area contributed by atoms with E-state index in [9.17, 15) is 0 Å². The lowest BCUT2D eigenvalue weighted by Crippen LogP contribution is -2.39. The van der Waals surface area contributed by atoms with E-state index in [1.54, 1.807) is 19.2 Å². The number of nitrogens with two attached hydrogens (primary N) is 1. The molecule has 1 atom stereocenters. The van der Waals surface area contributed by atoms with E-state index in [1.165, 1.54) is 6.33 Å². The monoisotopic (exact) mass is 369 g/mol. The summed E-state index contributed by atoms with van der Waals surface area (Å²) in [4.78, 5) is 10.9. The van der Waals surface area contributed by atoms with Gasteiger partial charge in [0.2, 0.25) is 0 Å². The van der Waals surface area contributed by atoms with Crippen molar-refractivity contribution in [1.29, 1.82) is 5.41 Å². The Balaban J connectivity index is 1.85. The number of hydrogen-bond acceptors (Lipinski definition) is 7. The summed E-state index contributed by atoms with van der Waals surface area (Å²) in [5.74, 6) is 1.49. The number of benzene rings is 1. The zero-order valence-corrected chi connectivity index (χ0v) is 16.1. The fourth-order valence-corrected chi connectivity index (χ4v) is 3.23. The third-order valence-electron chi connectivity index (χ3n) is 4.61. The molecule has 1 aromatic carbocycles. The minimum absolute atomic E-state index is 0.0501. The van der Waals surface area contributed by atoms with Crippen molar-refractivity contribution >= 4 is 17.2 Å². The largest absolute Gasteiger partial charge is 0.491 e. The standard InChI is InChI=1S/C20H27N5O2/c1-13(2)27-14-6-7-17(21)16(9-14)20(22)18-10-19(24-12-23-18)25-8-4-5-15(11-25)26-3/h6-7,9-10,12-13,15,22H,4-5,8,11,21H2,1-3H3. The van der Waals surface area contributed by atoms with E-state index in [1.807, 2.05) is 26.0 Å². The van der Waals surface area contributed by atoms with Crippen molar-refractivity contribution in [2.75, 3.05) is 30.8 Å². The Kier molecular flexibility index (Phi) is 5.91. The molecule has 3 rings (SSSR count). The van der Waals surface area contributed by atoms with E-state index >= 15 is 0 Å². The Hall–Kier alpha value is -2.67. The molecule has 0 radical (unpaired) electrons. The molecular formula is C20H27N5O2. The van der Waals surface area contributed by atoms with Crippen LogP contribution in [0, 0.1) is 5.41 Å². The quantitative estimate of drug-likeness (QED) is 0.600. The second-order valence-electron chi connectivity index (χ2n) is 7.00. The first kappa shape index (κ1) is 19.1. The molecule has 144 valence electrons. The van der Waals surface area contributed by atoms with Gasteiger partial charge in [-0.15, -0.1) is 0 Å². The summed E-state index contributed by atoms with van der Waals surface area (Å²) < 4.78 is 11.2. The fourth-order valence-electron chi connectivity index (χ4n) is 3.23. The first-order valence-electron chi connectivity index (χ1n) is 9.23. The first-order valence-corrected chi connectivity index (χ1v) is 9.23. The summed E-state index contributed by atoms with van der Waals surface area (Å²) in [7, 11) is 1.74. The number of aromatic nitrogens is 2. The lowest BCUT2D eigenvalue weighted by molar-refractivity contribution is 0.0891.